The molecule has 0 saturated carbocycles. The third-order valence-corrected chi connectivity index (χ3v) is 12.8. The highest BCUT2D eigenvalue weighted by atomic mass is 16.6. The summed E-state index contributed by atoms with van der Waals surface area (Å²) in [5.41, 5.74) is 4.17. The van der Waals surface area contributed by atoms with Crippen LogP contribution in [0.15, 0.2) is 36.4 Å². The molecule has 4 amide bonds. The highest BCUT2D eigenvalue weighted by molar-refractivity contribution is 5.91. The highest BCUT2D eigenvalue weighted by Gasteiger charge is 2.37. The number of ether oxygens (including phenoxy) is 2. The highest BCUT2D eigenvalue weighted by Crippen LogP contribution is 2.28. The lowest BCUT2D eigenvalue weighted by Gasteiger charge is -2.43. The van der Waals surface area contributed by atoms with E-state index < -0.39 is 18.4 Å². The maximum absolute atomic E-state index is 14.2. The number of piperazine rings is 1. The van der Waals surface area contributed by atoms with Gasteiger partial charge < -0.3 is 39.7 Å². The summed E-state index contributed by atoms with van der Waals surface area (Å²) < 4.78 is 11.6. The van der Waals surface area contributed by atoms with Crippen molar-refractivity contribution in [2.75, 3.05) is 90.5 Å². The van der Waals surface area contributed by atoms with Crippen molar-refractivity contribution in [2.45, 2.75) is 89.6 Å². The van der Waals surface area contributed by atoms with Crippen LogP contribution in [0.4, 0.5) is 15.3 Å². The predicted molar refractivity (Wildman–Crippen MR) is 217 cm³/mol. The van der Waals surface area contributed by atoms with Gasteiger partial charge in [0.25, 0.3) is 5.91 Å². The maximum Gasteiger partial charge on any atom is 0.410 e. The Labute approximate surface area is 341 Å². The molecule has 4 saturated heterocycles. The number of fused-ring (bicyclic) bond motifs is 1. The fourth-order valence-electron chi connectivity index (χ4n) is 9.37. The fraction of sp³-hybridized carbons (Fsp3) is 0.628. The number of aliphatic hydroxyl groups is 1. The molecule has 58 heavy (non-hydrogen) atoms. The second-order valence-electron chi connectivity index (χ2n) is 16.7. The van der Waals surface area contributed by atoms with Crippen LogP contribution in [0.2, 0.25) is 0 Å². The first-order valence-electron chi connectivity index (χ1n) is 21.3. The average Bonchev–Trinajstić information content (AvgIpc) is 3.55. The summed E-state index contributed by atoms with van der Waals surface area (Å²) in [6, 6.07) is 11.7. The molecular weight excluding hydrogens is 743 g/mol. The molecule has 0 bridgehead atoms. The monoisotopic (exact) mass is 803 g/mol. The fourth-order valence-corrected chi connectivity index (χ4v) is 9.37. The molecule has 0 radical (unpaired) electrons. The maximum atomic E-state index is 14.2. The van der Waals surface area contributed by atoms with Gasteiger partial charge in [-0.2, -0.15) is 0 Å². The number of carbonyl (C=O) groups is 4. The van der Waals surface area contributed by atoms with Gasteiger partial charge in [0.05, 0.1) is 6.54 Å². The summed E-state index contributed by atoms with van der Waals surface area (Å²) >= 11 is 0. The number of aromatic hydroxyl groups is 1. The Hall–Kier alpha value is -4.44. The Bertz CT molecular complexity index is 1750. The van der Waals surface area contributed by atoms with E-state index in [0.29, 0.717) is 69.3 Å². The second-order valence-corrected chi connectivity index (χ2v) is 16.7. The van der Waals surface area contributed by atoms with Gasteiger partial charge in [0.1, 0.15) is 18.6 Å². The van der Waals surface area contributed by atoms with E-state index in [-0.39, 0.29) is 49.3 Å². The number of aliphatic hydroxyl groups excluding tert-OH is 1. The van der Waals surface area contributed by atoms with Gasteiger partial charge in [-0.05, 0) is 87.1 Å². The van der Waals surface area contributed by atoms with Gasteiger partial charge in [-0.25, -0.2) is 9.59 Å². The average molecular weight is 804 g/mol. The van der Waals surface area contributed by atoms with E-state index in [2.05, 4.69) is 15.1 Å². The van der Waals surface area contributed by atoms with Crippen LogP contribution in [0.5, 0.6) is 5.75 Å². The zero-order chi connectivity index (χ0) is 40.8. The molecule has 0 aliphatic carbocycles. The van der Waals surface area contributed by atoms with Crippen molar-refractivity contribution in [3.63, 3.8) is 0 Å². The van der Waals surface area contributed by atoms with Crippen molar-refractivity contribution < 1.29 is 38.9 Å². The SMILES string of the molecule is Cc1cc(C[C@@H](OC(=O)N2CCC(N3CCc4ccccc4NC3=O)CC2)C(=O)N2CCC(N3CCN(CC(=O)OCCN4CCCC4O)CC3)CC2)cc(C)c1O. The third kappa shape index (κ3) is 10.2. The number of nitrogens with zero attached hydrogens (tertiary/aromatic N) is 6. The number of likely N-dealkylation sites (tertiary alicyclic amines) is 3. The van der Waals surface area contributed by atoms with Crippen LogP contribution >= 0.6 is 0 Å². The molecule has 5 aliphatic heterocycles. The molecule has 5 heterocycles. The summed E-state index contributed by atoms with van der Waals surface area (Å²) in [4.78, 5) is 65.5. The molecule has 7 rings (SSSR count). The van der Waals surface area contributed by atoms with Crippen molar-refractivity contribution in [2.24, 2.45) is 0 Å². The van der Waals surface area contributed by atoms with Crippen LogP contribution in [0.3, 0.4) is 0 Å². The Morgan fingerprint density at radius 3 is 2.21 bits per heavy atom. The number of nitrogens with one attached hydrogen (secondary N) is 1. The number of hydrogen-bond donors (Lipinski definition) is 3. The standard InChI is InChI=1S/C43H61N7O8/c1-30-26-32(27-31(2)40(30)53)28-37(58-43(56)49-17-12-35(13-18-49)50-19-9-33-6-3-4-7-36(33)44-42(50)55)41(54)48-15-10-34(11-16-48)46-22-20-45(21-23-46)29-39(52)57-25-24-47-14-5-8-38(47)51/h3-4,6-7,26-27,34-35,37-38,51,53H,5,8-25,28-29H2,1-2H3,(H,44,55)/t37-,38?/m1/s1. The predicted octanol–water partition coefficient (Wildman–Crippen LogP) is 3.18. The molecule has 2 aromatic carbocycles. The van der Waals surface area contributed by atoms with Gasteiger partial charge in [-0.3, -0.25) is 24.3 Å². The lowest BCUT2D eigenvalue weighted by Crippen LogP contribution is -2.55. The molecule has 2 aromatic rings. The second kappa shape index (κ2) is 19.1. The van der Waals surface area contributed by atoms with Crippen LogP contribution in [-0.2, 0) is 31.9 Å². The molecular formula is C43H61N7O8. The minimum Gasteiger partial charge on any atom is -0.507 e. The van der Waals surface area contributed by atoms with Crippen LogP contribution in [-0.4, -0.2) is 173 Å². The van der Waals surface area contributed by atoms with Crippen LogP contribution < -0.4 is 5.32 Å². The summed E-state index contributed by atoms with van der Waals surface area (Å²) in [6.07, 6.45) is 3.54. The number of para-hydroxylation sites is 1. The summed E-state index contributed by atoms with van der Waals surface area (Å²) in [7, 11) is 0. The quantitative estimate of drug-likeness (QED) is 0.287. The molecule has 0 aromatic heterocycles. The van der Waals surface area contributed by atoms with E-state index in [1.54, 1.807) is 4.90 Å². The van der Waals surface area contributed by atoms with E-state index in [9.17, 15) is 29.4 Å². The number of amides is 4. The lowest BCUT2D eigenvalue weighted by atomic mass is 9.98. The summed E-state index contributed by atoms with van der Waals surface area (Å²) in [5, 5.41) is 23.4. The number of urea groups is 1. The molecule has 4 fully saturated rings. The Morgan fingerprint density at radius 1 is 0.845 bits per heavy atom. The lowest BCUT2D eigenvalue weighted by molar-refractivity contribution is -0.146. The Kier molecular flexibility index (Phi) is 13.7. The Morgan fingerprint density at radius 2 is 1.52 bits per heavy atom. The van der Waals surface area contributed by atoms with Gasteiger partial charge in [-0.1, -0.05) is 30.3 Å². The molecule has 15 heteroatoms. The van der Waals surface area contributed by atoms with Crippen molar-refractivity contribution in [1.82, 2.24) is 29.4 Å². The number of aryl methyl sites for hydroxylation is 2. The van der Waals surface area contributed by atoms with Crippen LogP contribution in [0.1, 0.15) is 60.8 Å². The number of anilines is 1. The first-order chi connectivity index (χ1) is 28.0. The molecule has 2 atom stereocenters. The van der Waals surface area contributed by atoms with E-state index >= 15 is 0 Å². The first-order valence-corrected chi connectivity index (χ1v) is 21.3. The number of benzene rings is 2. The van der Waals surface area contributed by atoms with E-state index in [1.807, 2.05) is 64.9 Å². The number of hydrogen-bond acceptors (Lipinski definition) is 11. The molecule has 0 spiro atoms. The number of phenols is 1. The molecule has 3 N–H and O–H groups in total. The van der Waals surface area contributed by atoms with Crippen molar-refractivity contribution in [1.29, 1.82) is 0 Å². The van der Waals surface area contributed by atoms with Gasteiger partial charge >= 0.3 is 18.1 Å². The summed E-state index contributed by atoms with van der Waals surface area (Å²) in [6.45, 7) is 11.3. The molecule has 15 nitrogen and oxygen atoms in total. The minimum atomic E-state index is -1.02. The summed E-state index contributed by atoms with van der Waals surface area (Å²) in [5.74, 6) is -0.237. The van der Waals surface area contributed by atoms with E-state index in [0.717, 1.165) is 81.6 Å². The zero-order valence-corrected chi connectivity index (χ0v) is 34.1. The number of piperidine rings is 2. The third-order valence-electron chi connectivity index (χ3n) is 12.8. The van der Waals surface area contributed by atoms with E-state index in [4.69, 9.17) is 9.47 Å². The number of carbonyl (C=O) groups excluding carboxylic acids is 4. The van der Waals surface area contributed by atoms with Gasteiger partial charge in [0, 0.05) is 96.2 Å². The van der Waals surface area contributed by atoms with Gasteiger partial charge in [0.2, 0.25) is 0 Å². The molecule has 316 valence electrons. The van der Waals surface area contributed by atoms with Crippen molar-refractivity contribution >= 4 is 29.7 Å². The first kappa shape index (κ1) is 41.7. The topological polar surface area (TPSA) is 159 Å². The number of phenolic OH excluding ortho intramolecular Hbond substituents is 1. The Balaban J connectivity index is 0.894. The van der Waals surface area contributed by atoms with Crippen molar-refractivity contribution in [3.8, 4) is 5.75 Å². The smallest absolute Gasteiger partial charge is 0.410 e. The van der Waals surface area contributed by atoms with Crippen molar-refractivity contribution in [3.05, 3.63) is 58.7 Å². The number of rotatable bonds is 11. The van der Waals surface area contributed by atoms with Crippen LogP contribution in [0, 0.1) is 13.8 Å². The normalized spacial score (nSPS) is 22.3. The van der Waals surface area contributed by atoms with Gasteiger partial charge in [0.15, 0.2) is 6.10 Å². The number of esters is 1. The van der Waals surface area contributed by atoms with Gasteiger partial charge in [-0.15, -0.1) is 0 Å². The molecule has 5 aliphatic rings. The van der Waals surface area contributed by atoms with Crippen LogP contribution in [0.25, 0.3) is 0 Å². The molecule has 1 unspecified atom stereocenters. The largest absolute Gasteiger partial charge is 0.507 e. The zero-order valence-electron chi connectivity index (χ0n) is 34.1. The minimum absolute atomic E-state index is 0.00871. The van der Waals surface area contributed by atoms with E-state index in [1.165, 1.54) is 0 Å².